The molecule has 0 heterocycles. The normalized spacial score (nSPS) is 13.8. The molecule has 1 atom stereocenters. The van der Waals surface area contributed by atoms with Crippen LogP contribution in [-0.2, 0) is 19.6 Å². The van der Waals surface area contributed by atoms with E-state index in [1.807, 2.05) is 0 Å². The first-order chi connectivity index (χ1) is 5.81. The fourth-order valence-electron chi connectivity index (χ4n) is 0.895. The number of rotatable bonds is 5. The molecule has 0 amide bonds. The third-order valence-corrected chi connectivity index (χ3v) is 2.18. The van der Waals surface area contributed by atoms with Crippen LogP contribution in [0.3, 0.4) is 0 Å². The monoisotopic (exact) mass is 210 g/mol. The molecule has 0 rings (SSSR count). The van der Waals surface area contributed by atoms with Gasteiger partial charge in [-0.25, -0.2) is 0 Å². The second-order valence-corrected chi connectivity index (χ2v) is 4.42. The van der Waals surface area contributed by atoms with E-state index in [-0.39, 0.29) is 24.2 Å². The fraction of sp³-hybridized carbons (Fsp3) is 0.857. The summed E-state index contributed by atoms with van der Waals surface area (Å²) in [7, 11) is -3.89. The van der Waals surface area contributed by atoms with Crippen LogP contribution in [0.2, 0.25) is 0 Å². The quantitative estimate of drug-likeness (QED) is 0.531. The molecule has 78 valence electrons. The standard InChI is InChI=1S/C7H14O5S/c1-6(12-7(2)8)4-3-5-13(9,10)11/h6H,3-5H2,1-2H3,(H,9,10,11). The minimum Gasteiger partial charge on any atom is -0.463 e. The summed E-state index contributed by atoms with van der Waals surface area (Å²) in [6.45, 7) is 2.96. The Kier molecular flexibility index (Phi) is 4.94. The van der Waals surface area contributed by atoms with Crippen LogP contribution in [0, 0.1) is 0 Å². The summed E-state index contributed by atoms with van der Waals surface area (Å²) >= 11 is 0. The maximum absolute atomic E-state index is 10.4. The van der Waals surface area contributed by atoms with Crippen LogP contribution in [0.5, 0.6) is 0 Å². The topological polar surface area (TPSA) is 80.7 Å². The number of ether oxygens (including phenoxy) is 1. The second-order valence-electron chi connectivity index (χ2n) is 2.85. The number of hydrogen-bond donors (Lipinski definition) is 1. The molecule has 0 spiro atoms. The highest BCUT2D eigenvalue weighted by Crippen LogP contribution is 2.03. The van der Waals surface area contributed by atoms with E-state index in [4.69, 9.17) is 9.29 Å². The van der Waals surface area contributed by atoms with Gasteiger partial charge in [-0.3, -0.25) is 9.35 Å². The summed E-state index contributed by atoms with van der Waals surface area (Å²) in [6.07, 6.45) is 0.409. The maximum atomic E-state index is 10.4. The van der Waals surface area contributed by atoms with E-state index in [1.165, 1.54) is 6.92 Å². The molecule has 6 heteroatoms. The molecule has 0 saturated carbocycles. The van der Waals surface area contributed by atoms with Gasteiger partial charge in [-0.15, -0.1) is 0 Å². The van der Waals surface area contributed by atoms with Crippen LogP contribution in [-0.4, -0.2) is 30.8 Å². The molecule has 0 aromatic carbocycles. The summed E-state index contributed by atoms with van der Waals surface area (Å²) in [6, 6.07) is 0. The molecule has 0 aromatic heterocycles. The average molecular weight is 210 g/mol. The number of esters is 1. The molecule has 0 bridgehead atoms. The molecule has 1 unspecified atom stereocenters. The third-order valence-electron chi connectivity index (χ3n) is 1.38. The van der Waals surface area contributed by atoms with Crippen LogP contribution < -0.4 is 0 Å². The van der Waals surface area contributed by atoms with E-state index in [9.17, 15) is 13.2 Å². The van der Waals surface area contributed by atoms with Crippen molar-refractivity contribution in [1.29, 1.82) is 0 Å². The van der Waals surface area contributed by atoms with Gasteiger partial charge in [-0.2, -0.15) is 8.42 Å². The molecule has 0 aromatic rings. The van der Waals surface area contributed by atoms with Gasteiger partial charge in [0.2, 0.25) is 0 Å². The van der Waals surface area contributed by atoms with Gasteiger partial charge in [0.1, 0.15) is 0 Å². The molecule has 5 nitrogen and oxygen atoms in total. The van der Waals surface area contributed by atoms with Gasteiger partial charge in [0.05, 0.1) is 11.9 Å². The van der Waals surface area contributed by atoms with Gasteiger partial charge in [-0.05, 0) is 19.8 Å². The SMILES string of the molecule is CC(=O)OC(C)CCCS(=O)(=O)O. The molecule has 0 aliphatic heterocycles. The van der Waals surface area contributed by atoms with Crippen LogP contribution in [0.1, 0.15) is 26.7 Å². The van der Waals surface area contributed by atoms with Crippen molar-refractivity contribution in [2.45, 2.75) is 32.8 Å². The summed E-state index contributed by atoms with van der Waals surface area (Å²) in [4.78, 5) is 10.4. The Balaban J connectivity index is 3.60. The van der Waals surface area contributed by atoms with Crippen LogP contribution in [0.25, 0.3) is 0 Å². The Labute approximate surface area is 77.8 Å². The zero-order valence-electron chi connectivity index (χ0n) is 7.69. The van der Waals surface area contributed by atoms with E-state index in [0.717, 1.165) is 0 Å². The van der Waals surface area contributed by atoms with Gasteiger partial charge in [0, 0.05) is 6.92 Å². The minimum atomic E-state index is -3.89. The first kappa shape index (κ1) is 12.4. The highest BCUT2D eigenvalue weighted by molar-refractivity contribution is 7.85. The van der Waals surface area contributed by atoms with Crippen molar-refractivity contribution in [3.05, 3.63) is 0 Å². The van der Waals surface area contributed by atoms with Gasteiger partial charge in [0.15, 0.2) is 0 Å². The highest BCUT2D eigenvalue weighted by Gasteiger charge is 2.08. The molecule has 0 radical (unpaired) electrons. The Morgan fingerprint density at radius 3 is 2.46 bits per heavy atom. The van der Waals surface area contributed by atoms with E-state index in [1.54, 1.807) is 6.92 Å². The van der Waals surface area contributed by atoms with Crippen molar-refractivity contribution >= 4 is 16.1 Å². The van der Waals surface area contributed by atoms with E-state index >= 15 is 0 Å². The number of hydrogen-bond acceptors (Lipinski definition) is 4. The molecular formula is C7H14O5S. The largest absolute Gasteiger partial charge is 0.463 e. The minimum absolute atomic E-state index is 0.285. The number of carbonyl (C=O) groups excluding carboxylic acids is 1. The predicted octanol–water partition coefficient (Wildman–Crippen LogP) is 0.606. The second kappa shape index (κ2) is 5.18. The first-order valence-corrected chi connectivity index (χ1v) is 5.54. The van der Waals surface area contributed by atoms with E-state index in [0.29, 0.717) is 6.42 Å². The van der Waals surface area contributed by atoms with Crippen LogP contribution in [0.15, 0.2) is 0 Å². The lowest BCUT2D eigenvalue weighted by molar-refractivity contribution is -0.145. The lowest BCUT2D eigenvalue weighted by Gasteiger charge is -2.10. The molecule has 0 aliphatic rings. The van der Waals surface area contributed by atoms with Crippen molar-refractivity contribution in [3.8, 4) is 0 Å². The molecule has 1 N–H and O–H groups in total. The van der Waals surface area contributed by atoms with Crippen molar-refractivity contribution in [1.82, 2.24) is 0 Å². The lowest BCUT2D eigenvalue weighted by Crippen LogP contribution is -2.14. The van der Waals surface area contributed by atoms with Crippen molar-refractivity contribution in [3.63, 3.8) is 0 Å². The smallest absolute Gasteiger partial charge is 0.302 e. The summed E-state index contributed by atoms with van der Waals surface area (Å²) < 4.78 is 33.7. The third kappa shape index (κ3) is 9.29. The number of carbonyl (C=O) groups is 1. The highest BCUT2D eigenvalue weighted by atomic mass is 32.2. The maximum Gasteiger partial charge on any atom is 0.302 e. The average Bonchev–Trinajstić information content (AvgIpc) is 1.81. The molecule has 13 heavy (non-hydrogen) atoms. The van der Waals surface area contributed by atoms with Gasteiger partial charge in [0.25, 0.3) is 10.1 Å². The molecule has 0 saturated heterocycles. The Morgan fingerprint density at radius 1 is 1.54 bits per heavy atom. The Hall–Kier alpha value is -0.620. The molecule has 0 fully saturated rings. The zero-order valence-corrected chi connectivity index (χ0v) is 8.50. The van der Waals surface area contributed by atoms with E-state index < -0.39 is 10.1 Å². The van der Waals surface area contributed by atoms with E-state index in [2.05, 4.69) is 0 Å². The van der Waals surface area contributed by atoms with Crippen LogP contribution in [0.4, 0.5) is 0 Å². The van der Waals surface area contributed by atoms with Crippen molar-refractivity contribution < 1.29 is 22.5 Å². The van der Waals surface area contributed by atoms with Gasteiger partial charge < -0.3 is 4.74 Å². The van der Waals surface area contributed by atoms with Crippen LogP contribution >= 0.6 is 0 Å². The Morgan fingerprint density at radius 2 is 2.08 bits per heavy atom. The summed E-state index contributed by atoms with van der Waals surface area (Å²) in [5.41, 5.74) is 0. The summed E-state index contributed by atoms with van der Waals surface area (Å²) in [5.74, 6) is -0.683. The predicted molar refractivity (Wildman–Crippen MR) is 46.9 cm³/mol. The molecular weight excluding hydrogens is 196 g/mol. The summed E-state index contributed by atoms with van der Waals surface area (Å²) in [5, 5.41) is 0. The Bertz CT molecular complexity index is 256. The zero-order chi connectivity index (χ0) is 10.5. The first-order valence-electron chi connectivity index (χ1n) is 3.93. The fourth-order valence-corrected chi connectivity index (χ4v) is 1.43. The van der Waals surface area contributed by atoms with Gasteiger partial charge >= 0.3 is 5.97 Å². The van der Waals surface area contributed by atoms with Gasteiger partial charge in [-0.1, -0.05) is 0 Å². The van der Waals surface area contributed by atoms with Crippen molar-refractivity contribution in [2.75, 3.05) is 5.75 Å². The molecule has 0 aliphatic carbocycles. The van der Waals surface area contributed by atoms with Crippen molar-refractivity contribution in [2.24, 2.45) is 0 Å². The lowest BCUT2D eigenvalue weighted by atomic mass is 10.2.